The lowest BCUT2D eigenvalue weighted by Crippen LogP contribution is -2.51. The fraction of sp³-hybridized carbons (Fsp3) is 0.296. The van der Waals surface area contributed by atoms with Gasteiger partial charge in [0.05, 0.1) is 12.2 Å². The quantitative estimate of drug-likeness (QED) is 0.165. The van der Waals surface area contributed by atoms with Gasteiger partial charge in [0.2, 0.25) is 0 Å². The van der Waals surface area contributed by atoms with Crippen molar-refractivity contribution in [3.63, 3.8) is 0 Å². The number of rotatable bonds is 10. The van der Waals surface area contributed by atoms with E-state index in [0.717, 1.165) is 40.9 Å². The van der Waals surface area contributed by atoms with Gasteiger partial charge in [0, 0.05) is 4.47 Å². The van der Waals surface area contributed by atoms with Crippen molar-refractivity contribution in [3.05, 3.63) is 70.7 Å². The van der Waals surface area contributed by atoms with Crippen LogP contribution in [0, 0.1) is 0 Å². The summed E-state index contributed by atoms with van der Waals surface area (Å²) in [5, 5.41) is 4.61. The molecule has 1 atom stereocenters. The highest BCUT2D eigenvalue weighted by Gasteiger charge is 2.17. The number of hydrogen-bond acceptors (Lipinski definition) is 5. The first-order valence-corrected chi connectivity index (χ1v) is 13.1. The van der Waals surface area contributed by atoms with Crippen LogP contribution < -0.4 is 25.6 Å². The Balaban J connectivity index is 1.50. The van der Waals surface area contributed by atoms with Crippen molar-refractivity contribution in [2.75, 3.05) is 6.61 Å². The molecular weight excluding hydrogens is 542 g/mol. The largest absolute Gasteiger partial charge is 0.493 e. The number of carbonyl (C=O) groups excluding carboxylic acids is 2. The van der Waals surface area contributed by atoms with Crippen molar-refractivity contribution in [2.24, 2.45) is 0 Å². The molecule has 0 aliphatic carbocycles. The first-order valence-electron chi connectivity index (χ1n) is 11.9. The maximum atomic E-state index is 12.8. The molecule has 0 saturated heterocycles. The van der Waals surface area contributed by atoms with Gasteiger partial charge in [-0.2, -0.15) is 0 Å². The van der Waals surface area contributed by atoms with Crippen LogP contribution in [0.4, 0.5) is 0 Å². The fourth-order valence-corrected chi connectivity index (χ4v) is 3.94. The van der Waals surface area contributed by atoms with Gasteiger partial charge in [0.15, 0.2) is 11.2 Å². The molecule has 2 amide bonds. The topological polar surface area (TPSA) is 88.7 Å². The Labute approximate surface area is 225 Å². The van der Waals surface area contributed by atoms with Crippen molar-refractivity contribution < 1.29 is 19.1 Å². The van der Waals surface area contributed by atoms with Crippen LogP contribution in [-0.4, -0.2) is 29.6 Å². The Bertz CT molecular complexity index is 1220. The predicted molar refractivity (Wildman–Crippen MR) is 149 cm³/mol. The minimum absolute atomic E-state index is 0.0554. The number of unbranched alkanes of at least 4 members (excludes halogenated alkanes) is 3. The van der Waals surface area contributed by atoms with Gasteiger partial charge < -0.3 is 9.47 Å². The number of hydrazine groups is 1. The summed E-state index contributed by atoms with van der Waals surface area (Å²) in [7, 11) is 0. The molecule has 0 spiro atoms. The molecule has 0 heterocycles. The van der Waals surface area contributed by atoms with Gasteiger partial charge in [-0.05, 0) is 66.7 Å². The molecule has 3 aromatic carbocycles. The molecular formula is C27H30BrN3O4S. The SMILES string of the molecule is CCCCCCOc1ccc(Br)cc1C(=O)NC(=S)NNC(=O)C(C)Oc1ccc2ccccc2c1. The smallest absolute Gasteiger partial charge is 0.279 e. The maximum Gasteiger partial charge on any atom is 0.279 e. The number of benzene rings is 3. The average molecular weight is 573 g/mol. The highest BCUT2D eigenvalue weighted by atomic mass is 79.9. The third-order valence-electron chi connectivity index (χ3n) is 5.37. The molecule has 0 aliphatic heterocycles. The molecule has 0 aromatic heterocycles. The number of amides is 2. The molecule has 3 rings (SSSR count). The second kappa shape index (κ2) is 13.8. The highest BCUT2D eigenvalue weighted by Crippen LogP contribution is 2.24. The lowest BCUT2D eigenvalue weighted by atomic mass is 10.1. The Morgan fingerprint density at radius 1 is 0.972 bits per heavy atom. The van der Waals surface area contributed by atoms with Crippen LogP contribution in [0.3, 0.4) is 0 Å². The molecule has 1 unspecified atom stereocenters. The zero-order valence-corrected chi connectivity index (χ0v) is 22.7. The van der Waals surface area contributed by atoms with Crippen molar-refractivity contribution in [1.82, 2.24) is 16.2 Å². The van der Waals surface area contributed by atoms with Crippen molar-refractivity contribution >= 4 is 55.8 Å². The standard InChI is InChI=1S/C27H30BrN3O4S/c1-3-4-5-8-15-34-24-14-12-21(28)17-23(24)26(33)29-27(36)31-30-25(32)18(2)35-22-13-11-19-9-6-7-10-20(19)16-22/h6-7,9-14,16-18H,3-5,8,15H2,1-2H3,(H,30,32)(H2,29,31,33,36). The van der Waals surface area contributed by atoms with Crippen molar-refractivity contribution in [3.8, 4) is 11.5 Å². The van der Waals surface area contributed by atoms with E-state index in [0.29, 0.717) is 23.7 Å². The van der Waals surface area contributed by atoms with Gasteiger partial charge >= 0.3 is 0 Å². The predicted octanol–water partition coefficient (Wildman–Crippen LogP) is 5.66. The molecule has 9 heteroatoms. The summed E-state index contributed by atoms with van der Waals surface area (Å²) in [6.45, 7) is 4.30. The monoisotopic (exact) mass is 571 g/mol. The molecule has 7 nitrogen and oxygen atoms in total. The summed E-state index contributed by atoms with van der Waals surface area (Å²) in [5.74, 6) is 0.144. The van der Waals surface area contributed by atoms with E-state index in [1.807, 2.05) is 48.5 Å². The van der Waals surface area contributed by atoms with Crippen LogP contribution in [0.25, 0.3) is 10.8 Å². The first-order chi connectivity index (χ1) is 17.4. The third kappa shape index (κ3) is 8.20. The van der Waals surface area contributed by atoms with E-state index in [-0.39, 0.29) is 5.11 Å². The summed E-state index contributed by atoms with van der Waals surface area (Å²) in [6.07, 6.45) is 3.48. The number of thiocarbonyl (C=S) groups is 1. The lowest BCUT2D eigenvalue weighted by Gasteiger charge is -2.17. The van der Waals surface area contributed by atoms with Crippen LogP contribution in [0.5, 0.6) is 11.5 Å². The van der Waals surface area contributed by atoms with Crippen molar-refractivity contribution in [1.29, 1.82) is 0 Å². The Morgan fingerprint density at radius 2 is 1.75 bits per heavy atom. The van der Waals surface area contributed by atoms with E-state index in [1.54, 1.807) is 19.1 Å². The summed E-state index contributed by atoms with van der Waals surface area (Å²) >= 11 is 8.56. The van der Waals surface area contributed by atoms with Gasteiger partial charge in [-0.25, -0.2) is 0 Å². The van der Waals surface area contributed by atoms with E-state index >= 15 is 0 Å². The van der Waals surface area contributed by atoms with Crippen LogP contribution in [0.1, 0.15) is 49.9 Å². The number of ether oxygens (including phenoxy) is 2. The summed E-state index contributed by atoms with van der Waals surface area (Å²) in [4.78, 5) is 25.3. The molecule has 36 heavy (non-hydrogen) atoms. The molecule has 0 aliphatic rings. The molecule has 3 N–H and O–H groups in total. The molecule has 0 bridgehead atoms. The minimum Gasteiger partial charge on any atom is -0.493 e. The van der Waals surface area contributed by atoms with Gasteiger partial charge in [0.25, 0.3) is 11.8 Å². The average Bonchev–Trinajstić information content (AvgIpc) is 2.87. The summed E-state index contributed by atoms with van der Waals surface area (Å²) in [6, 6.07) is 18.7. The van der Waals surface area contributed by atoms with Crippen molar-refractivity contribution in [2.45, 2.75) is 45.6 Å². The second-order valence-corrected chi connectivity index (χ2v) is 9.54. The van der Waals surface area contributed by atoms with E-state index in [4.69, 9.17) is 21.7 Å². The molecule has 190 valence electrons. The number of fused-ring (bicyclic) bond motifs is 1. The van der Waals surface area contributed by atoms with Gasteiger partial charge in [-0.15, -0.1) is 0 Å². The Hall–Kier alpha value is -3.17. The van der Waals surface area contributed by atoms with Crippen LogP contribution in [-0.2, 0) is 4.79 Å². The minimum atomic E-state index is -0.796. The summed E-state index contributed by atoms with van der Waals surface area (Å²) in [5.41, 5.74) is 5.35. The van der Waals surface area contributed by atoms with E-state index in [9.17, 15) is 9.59 Å². The zero-order valence-electron chi connectivity index (χ0n) is 20.3. The molecule has 0 radical (unpaired) electrons. The second-order valence-electron chi connectivity index (χ2n) is 8.22. The van der Waals surface area contributed by atoms with E-state index in [1.165, 1.54) is 0 Å². The Kier molecular flexibility index (Phi) is 10.5. The molecule has 0 fully saturated rings. The summed E-state index contributed by atoms with van der Waals surface area (Å²) < 4.78 is 12.3. The fourth-order valence-electron chi connectivity index (χ4n) is 3.44. The van der Waals surface area contributed by atoms with Gasteiger partial charge in [-0.3, -0.25) is 25.8 Å². The van der Waals surface area contributed by atoms with E-state index in [2.05, 4.69) is 39.0 Å². The number of hydrogen-bond donors (Lipinski definition) is 3. The lowest BCUT2D eigenvalue weighted by molar-refractivity contribution is -0.127. The van der Waals surface area contributed by atoms with Gasteiger partial charge in [-0.1, -0.05) is 72.4 Å². The van der Waals surface area contributed by atoms with Crippen LogP contribution in [0.2, 0.25) is 0 Å². The first kappa shape index (κ1) is 27.4. The normalized spacial score (nSPS) is 11.4. The third-order valence-corrected chi connectivity index (χ3v) is 6.07. The van der Waals surface area contributed by atoms with E-state index < -0.39 is 17.9 Å². The molecule has 3 aromatic rings. The zero-order chi connectivity index (χ0) is 25.9. The van der Waals surface area contributed by atoms with Gasteiger partial charge in [0.1, 0.15) is 11.5 Å². The van der Waals surface area contributed by atoms with Crippen LogP contribution >= 0.6 is 28.1 Å². The number of nitrogens with one attached hydrogen (secondary N) is 3. The maximum absolute atomic E-state index is 12.8. The highest BCUT2D eigenvalue weighted by molar-refractivity contribution is 9.10. The number of carbonyl (C=O) groups is 2. The van der Waals surface area contributed by atoms with Crippen LogP contribution in [0.15, 0.2) is 65.1 Å². The molecule has 0 saturated carbocycles. The number of halogens is 1. The Morgan fingerprint density at radius 3 is 2.53 bits per heavy atom.